The molecule has 0 atom stereocenters. The zero-order valence-electron chi connectivity index (χ0n) is 5.37. The molecule has 11 heavy (non-hydrogen) atoms. The Balaban J connectivity index is 3.15. The van der Waals surface area contributed by atoms with Gasteiger partial charge in [-0.2, -0.15) is 0 Å². The summed E-state index contributed by atoms with van der Waals surface area (Å²) < 4.78 is 2.79. The van der Waals surface area contributed by atoms with Crippen molar-refractivity contribution in [3.63, 3.8) is 0 Å². The van der Waals surface area contributed by atoms with E-state index in [9.17, 15) is 0 Å². The third-order valence-corrected chi connectivity index (χ3v) is 1.82. The Labute approximate surface area is 71.9 Å². The fraction of sp³-hybridized carbons (Fsp3) is 0. The van der Waals surface area contributed by atoms with Gasteiger partial charge in [0.1, 0.15) is 16.5 Å². The molecule has 2 aromatic heterocycles. The Kier molecular flexibility index (Phi) is 1.36. The van der Waals surface area contributed by atoms with E-state index in [0.717, 1.165) is 5.52 Å². The molecule has 0 bridgehead atoms. The number of nitrogens with zero attached hydrogens (tertiary/aromatic N) is 2. The normalized spacial score (nSPS) is 10.5. The molecular formula is C5H4N4S2. The summed E-state index contributed by atoms with van der Waals surface area (Å²) in [6, 6.07) is 0. The lowest BCUT2D eigenvalue weighted by Gasteiger charge is -1.92. The first-order chi connectivity index (χ1) is 5.27. The standard InChI is InChI=1S/C5H4N4S2/c10-4-3-1-6-2-9(3)8-5(11)7-4/h1-2H,(H2,7,8,10,11). The van der Waals surface area contributed by atoms with Crippen LogP contribution in [0.4, 0.5) is 0 Å². The Bertz CT molecular complexity index is 491. The maximum Gasteiger partial charge on any atom is 0.190 e. The van der Waals surface area contributed by atoms with Gasteiger partial charge in [0.25, 0.3) is 0 Å². The van der Waals surface area contributed by atoms with Crippen molar-refractivity contribution in [3.8, 4) is 0 Å². The van der Waals surface area contributed by atoms with Gasteiger partial charge in [0.2, 0.25) is 0 Å². The Morgan fingerprint density at radius 3 is 3.09 bits per heavy atom. The van der Waals surface area contributed by atoms with Crippen molar-refractivity contribution >= 4 is 30.0 Å². The van der Waals surface area contributed by atoms with Gasteiger partial charge in [0, 0.05) is 0 Å². The molecular weight excluding hydrogens is 180 g/mol. The minimum atomic E-state index is 0.500. The maximum atomic E-state index is 4.99. The Morgan fingerprint density at radius 2 is 2.27 bits per heavy atom. The number of aromatic nitrogens is 4. The molecule has 0 radical (unpaired) electrons. The van der Waals surface area contributed by atoms with Gasteiger partial charge in [-0.3, -0.25) is 5.10 Å². The van der Waals surface area contributed by atoms with Crippen molar-refractivity contribution in [1.29, 1.82) is 0 Å². The van der Waals surface area contributed by atoms with Gasteiger partial charge in [0.15, 0.2) is 4.77 Å². The second-order valence-corrected chi connectivity index (χ2v) is 2.86. The number of fused-ring (bicyclic) bond motifs is 1. The predicted octanol–water partition coefficient (Wildman–Crippen LogP) is 1.45. The van der Waals surface area contributed by atoms with Gasteiger partial charge in [-0.05, 0) is 12.2 Å². The van der Waals surface area contributed by atoms with Gasteiger partial charge in [-0.15, -0.1) is 0 Å². The van der Waals surface area contributed by atoms with E-state index in [4.69, 9.17) is 24.4 Å². The highest BCUT2D eigenvalue weighted by molar-refractivity contribution is 7.72. The fourth-order valence-electron chi connectivity index (χ4n) is 0.857. The van der Waals surface area contributed by atoms with E-state index in [1.165, 1.54) is 0 Å². The van der Waals surface area contributed by atoms with E-state index in [1.54, 1.807) is 17.0 Å². The fourth-order valence-corrected chi connectivity index (χ4v) is 1.37. The lowest BCUT2D eigenvalue weighted by atomic mass is 10.6. The second-order valence-electron chi connectivity index (χ2n) is 2.04. The van der Waals surface area contributed by atoms with E-state index < -0.39 is 0 Å². The molecule has 0 aliphatic rings. The predicted molar refractivity (Wildman–Crippen MR) is 45.6 cm³/mol. The highest BCUT2D eigenvalue weighted by Crippen LogP contribution is 1.98. The number of rotatable bonds is 0. The lowest BCUT2D eigenvalue weighted by molar-refractivity contribution is 0.873. The van der Waals surface area contributed by atoms with Crippen molar-refractivity contribution in [2.24, 2.45) is 0 Å². The number of hydrogen-bond acceptors (Lipinski definition) is 3. The van der Waals surface area contributed by atoms with Gasteiger partial charge in [-0.25, -0.2) is 9.50 Å². The van der Waals surface area contributed by atoms with Crippen LogP contribution in [0.1, 0.15) is 0 Å². The van der Waals surface area contributed by atoms with Gasteiger partial charge >= 0.3 is 0 Å². The first-order valence-corrected chi connectivity index (χ1v) is 3.74. The monoisotopic (exact) mass is 184 g/mol. The van der Waals surface area contributed by atoms with E-state index in [-0.39, 0.29) is 0 Å². The summed E-state index contributed by atoms with van der Waals surface area (Å²) in [6.45, 7) is 0. The first-order valence-electron chi connectivity index (χ1n) is 2.92. The van der Waals surface area contributed by atoms with Crippen LogP contribution in [0.2, 0.25) is 0 Å². The topological polar surface area (TPSA) is 48.9 Å². The summed E-state index contributed by atoms with van der Waals surface area (Å²) in [6.07, 6.45) is 3.29. The summed E-state index contributed by atoms with van der Waals surface area (Å²) in [4.78, 5) is 6.71. The van der Waals surface area contributed by atoms with Crippen molar-refractivity contribution in [3.05, 3.63) is 21.9 Å². The molecule has 0 aliphatic carbocycles. The molecule has 4 nitrogen and oxygen atoms in total. The highest BCUT2D eigenvalue weighted by Gasteiger charge is 1.92. The second kappa shape index (κ2) is 2.24. The Hall–Kier alpha value is -1.01. The lowest BCUT2D eigenvalue weighted by Crippen LogP contribution is -1.92. The van der Waals surface area contributed by atoms with Crippen LogP contribution in [0.3, 0.4) is 0 Å². The molecule has 2 N–H and O–H groups in total. The molecule has 2 aromatic rings. The van der Waals surface area contributed by atoms with E-state index in [0.29, 0.717) is 9.41 Å². The number of H-pyrrole nitrogens is 2. The van der Waals surface area contributed by atoms with Gasteiger partial charge < -0.3 is 4.98 Å². The molecule has 0 amide bonds. The van der Waals surface area contributed by atoms with Crippen LogP contribution in [0.25, 0.3) is 5.52 Å². The molecule has 0 unspecified atom stereocenters. The van der Waals surface area contributed by atoms with Gasteiger partial charge in [-0.1, -0.05) is 12.2 Å². The molecule has 56 valence electrons. The van der Waals surface area contributed by atoms with Crippen LogP contribution in [0, 0.1) is 9.41 Å². The van der Waals surface area contributed by atoms with Crippen molar-refractivity contribution in [2.45, 2.75) is 0 Å². The zero-order chi connectivity index (χ0) is 7.84. The van der Waals surface area contributed by atoms with Crippen LogP contribution in [-0.4, -0.2) is 19.6 Å². The van der Waals surface area contributed by atoms with Crippen LogP contribution in [0.15, 0.2) is 12.5 Å². The largest absolute Gasteiger partial charge is 0.321 e. The number of nitrogens with one attached hydrogen (secondary N) is 2. The minimum Gasteiger partial charge on any atom is -0.321 e. The Morgan fingerprint density at radius 1 is 1.45 bits per heavy atom. The van der Waals surface area contributed by atoms with Crippen molar-refractivity contribution in [2.75, 3.05) is 0 Å². The van der Waals surface area contributed by atoms with E-state index >= 15 is 0 Å². The van der Waals surface area contributed by atoms with Crippen molar-refractivity contribution < 1.29 is 0 Å². The molecule has 0 fully saturated rings. The maximum absolute atomic E-state index is 4.99. The summed E-state index contributed by atoms with van der Waals surface area (Å²) in [7, 11) is 0. The highest BCUT2D eigenvalue weighted by atomic mass is 32.1. The number of hydrogen-bond donors (Lipinski definition) is 2. The molecule has 0 spiro atoms. The molecule has 0 saturated heterocycles. The quantitative estimate of drug-likeness (QED) is 0.609. The van der Waals surface area contributed by atoms with E-state index in [1.807, 2.05) is 0 Å². The number of imidazole rings is 1. The van der Waals surface area contributed by atoms with Crippen LogP contribution in [0.5, 0.6) is 0 Å². The first kappa shape index (κ1) is 6.68. The third-order valence-electron chi connectivity index (χ3n) is 1.32. The molecule has 2 heterocycles. The smallest absolute Gasteiger partial charge is 0.190 e. The van der Waals surface area contributed by atoms with Crippen LogP contribution in [-0.2, 0) is 0 Å². The van der Waals surface area contributed by atoms with Gasteiger partial charge in [0.05, 0.1) is 6.20 Å². The number of aromatic amines is 2. The molecule has 0 saturated carbocycles. The molecule has 0 aliphatic heterocycles. The van der Waals surface area contributed by atoms with Crippen molar-refractivity contribution in [1.82, 2.24) is 19.6 Å². The third kappa shape index (κ3) is 0.997. The molecule has 2 rings (SSSR count). The van der Waals surface area contributed by atoms with E-state index in [2.05, 4.69) is 15.1 Å². The van der Waals surface area contributed by atoms with Crippen LogP contribution < -0.4 is 0 Å². The summed E-state index contributed by atoms with van der Waals surface area (Å²) in [5.74, 6) is 0. The SMILES string of the molecule is S=c1[nH]c(=S)c2cncn2[nH]1. The summed E-state index contributed by atoms with van der Waals surface area (Å²) in [5.41, 5.74) is 0.827. The summed E-state index contributed by atoms with van der Waals surface area (Å²) >= 11 is 9.86. The average Bonchev–Trinajstić information content (AvgIpc) is 2.34. The average molecular weight is 184 g/mol. The summed E-state index contributed by atoms with van der Waals surface area (Å²) in [5, 5.41) is 2.86. The minimum absolute atomic E-state index is 0.500. The van der Waals surface area contributed by atoms with Crippen LogP contribution >= 0.6 is 24.4 Å². The molecule has 0 aromatic carbocycles. The zero-order valence-corrected chi connectivity index (χ0v) is 7.00. The molecule has 6 heteroatoms.